The lowest BCUT2D eigenvalue weighted by molar-refractivity contribution is 0.0691. The van der Waals surface area contributed by atoms with E-state index in [9.17, 15) is 4.79 Å². The lowest BCUT2D eigenvalue weighted by Crippen LogP contribution is -2.12. The van der Waals surface area contributed by atoms with Gasteiger partial charge in [0.25, 0.3) is 0 Å². The number of aromatic carboxylic acids is 1. The predicted molar refractivity (Wildman–Crippen MR) is 50.1 cm³/mol. The van der Waals surface area contributed by atoms with E-state index in [4.69, 9.17) is 13.0 Å². The Morgan fingerprint density at radius 3 is 2.86 bits per heavy atom. The summed E-state index contributed by atoms with van der Waals surface area (Å²) in [6.45, 7) is 1.73. The van der Waals surface area contributed by atoms with Crippen molar-refractivity contribution in [3.8, 4) is 0 Å². The van der Waals surface area contributed by atoms with Gasteiger partial charge in [0, 0.05) is 18.0 Å². The first kappa shape index (κ1) is 8.74. The monoisotopic (exact) mass is 187 g/mol. The number of fused-ring (bicyclic) bond motifs is 1. The fraction of sp³-hybridized carbons (Fsp3) is 0.125. The standard InChI is InChI=1S/C8H6BN3O2/c1-4-7-11-5(8(13)14)2-12(7)3-6(9)10-4/h2-3H,1H3,(H,13,14). The molecular weight excluding hydrogens is 181 g/mol. The predicted octanol–water partition coefficient (Wildman–Crippen LogP) is -0.470. The SMILES string of the molecule is [B]c1cn2cc(C(=O)O)nc2c(C)n1. The summed E-state index contributed by atoms with van der Waals surface area (Å²) in [5, 5.41) is 8.72. The second-order valence-corrected chi connectivity index (χ2v) is 2.91. The van der Waals surface area contributed by atoms with Crippen LogP contribution in [0.15, 0.2) is 12.4 Å². The fourth-order valence-electron chi connectivity index (χ4n) is 1.28. The van der Waals surface area contributed by atoms with Crippen LogP contribution in [0, 0.1) is 6.92 Å². The van der Waals surface area contributed by atoms with Crippen molar-refractivity contribution < 1.29 is 9.90 Å². The zero-order chi connectivity index (χ0) is 10.3. The number of aryl methyl sites for hydroxylation is 1. The van der Waals surface area contributed by atoms with Crippen LogP contribution in [0.3, 0.4) is 0 Å². The van der Waals surface area contributed by atoms with Gasteiger partial charge in [-0.25, -0.2) is 9.78 Å². The van der Waals surface area contributed by atoms with Gasteiger partial charge in [0.05, 0.1) is 5.69 Å². The van der Waals surface area contributed by atoms with Crippen LogP contribution in [0.5, 0.6) is 0 Å². The van der Waals surface area contributed by atoms with E-state index in [0.29, 0.717) is 16.9 Å². The molecule has 2 aromatic heterocycles. The van der Waals surface area contributed by atoms with Crippen LogP contribution in [0.25, 0.3) is 5.65 Å². The molecule has 68 valence electrons. The third-order valence-corrected chi connectivity index (χ3v) is 1.84. The lowest BCUT2D eigenvalue weighted by atomic mass is 10.1. The smallest absolute Gasteiger partial charge is 0.356 e. The number of rotatable bonds is 1. The molecule has 2 heterocycles. The number of carboxylic acid groups (broad SMARTS) is 1. The molecule has 0 aliphatic carbocycles. The van der Waals surface area contributed by atoms with E-state index >= 15 is 0 Å². The van der Waals surface area contributed by atoms with Crippen molar-refractivity contribution in [2.45, 2.75) is 6.92 Å². The van der Waals surface area contributed by atoms with Gasteiger partial charge in [-0.15, -0.1) is 0 Å². The van der Waals surface area contributed by atoms with Gasteiger partial charge in [-0.1, -0.05) is 0 Å². The molecule has 0 saturated carbocycles. The quantitative estimate of drug-likeness (QED) is 0.612. The summed E-state index contributed by atoms with van der Waals surface area (Å²) < 4.78 is 1.56. The lowest BCUT2D eigenvalue weighted by Gasteiger charge is -1.98. The first-order valence-electron chi connectivity index (χ1n) is 3.93. The zero-order valence-electron chi connectivity index (χ0n) is 7.43. The number of hydrogen-bond acceptors (Lipinski definition) is 3. The van der Waals surface area contributed by atoms with Gasteiger partial charge < -0.3 is 9.51 Å². The molecule has 0 atom stereocenters. The Morgan fingerprint density at radius 2 is 2.21 bits per heavy atom. The maximum absolute atomic E-state index is 10.6. The summed E-state index contributed by atoms with van der Waals surface area (Å²) in [5.74, 6) is -1.06. The minimum atomic E-state index is -1.06. The van der Waals surface area contributed by atoms with Crippen LogP contribution in [0.4, 0.5) is 0 Å². The van der Waals surface area contributed by atoms with Crippen LogP contribution in [0.2, 0.25) is 0 Å². The number of imidazole rings is 1. The molecule has 0 spiro atoms. The summed E-state index contributed by atoms with van der Waals surface area (Å²) in [6, 6.07) is 0. The molecule has 2 radical (unpaired) electrons. The van der Waals surface area contributed by atoms with Gasteiger partial charge in [-0.3, -0.25) is 4.98 Å². The fourth-order valence-corrected chi connectivity index (χ4v) is 1.28. The number of aromatic nitrogens is 3. The number of hydrogen-bond donors (Lipinski definition) is 1. The highest BCUT2D eigenvalue weighted by molar-refractivity contribution is 6.30. The summed E-state index contributed by atoms with van der Waals surface area (Å²) in [7, 11) is 5.50. The van der Waals surface area contributed by atoms with Gasteiger partial charge in [-0.2, -0.15) is 0 Å². The highest BCUT2D eigenvalue weighted by atomic mass is 16.4. The number of carboxylic acids is 1. The highest BCUT2D eigenvalue weighted by Crippen LogP contribution is 2.06. The average molecular weight is 187 g/mol. The third-order valence-electron chi connectivity index (χ3n) is 1.84. The molecule has 1 N–H and O–H groups in total. The molecule has 0 aliphatic rings. The van der Waals surface area contributed by atoms with E-state index in [0.717, 1.165) is 0 Å². The molecule has 0 amide bonds. The van der Waals surface area contributed by atoms with Gasteiger partial charge >= 0.3 is 5.97 Å². The summed E-state index contributed by atoms with van der Waals surface area (Å²) >= 11 is 0. The summed E-state index contributed by atoms with van der Waals surface area (Å²) in [6.07, 6.45) is 2.93. The molecule has 0 aromatic carbocycles. The molecule has 14 heavy (non-hydrogen) atoms. The Balaban J connectivity index is 2.76. The van der Waals surface area contributed by atoms with Crippen LogP contribution >= 0.6 is 0 Å². The Bertz CT molecular complexity index is 521. The van der Waals surface area contributed by atoms with Crippen molar-refractivity contribution in [1.29, 1.82) is 0 Å². The largest absolute Gasteiger partial charge is 0.476 e. The average Bonchev–Trinajstić information content (AvgIpc) is 2.47. The second kappa shape index (κ2) is 2.83. The first-order valence-corrected chi connectivity index (χ1v) is 3.93. The Labute approximate surface area is 80.8 Å². The molecular formula is C8H6BN3O2. The van der Waals surface area contributed by atoms with Gasteiger partial charge in [-0.05, 0) is 6.92 Å². The van der Waals surface area contributed by atoms with Crippen molar-refractivity contribution in [2.24, 2.45) is 0 Å². The Hall–Kier alpha value is -1.85. The number of nitrogens with zero attached hydrogens (tertiary/aromatic N) is 3. The molecule has 5 nitrogen and oxygen atoms in total. The third kappa shape index (κ3) is 1.24. The second-order valence-electron chi connectivity index (χ2n) is 2.91. The first-order chi connectivity index (χ1) is 6.58. The van der Waals surface area contributed by atoms with Crippen molar-refractivity contribution in [3.63, 3.8) is 0 Å². The van der Waals surface area contributed by atoms with Crippen molar-refractivity contribution >= 4 is 25.1 Å². The molecule has 0 unspecified atom stereocenters. The molecule has 0 bridgehead atoms. The van der Waals surface area contributed by atoms with Crippen LogP contribution in [-0.2, 0) is 0 Å². The minimum Gasteiger partial charge on any atom is -0.476 e. The molecule has 6 heteroatoms. The minimum absolute atomic E-state index is 0.0134. The summed E-state index contributed by atoms with van der Waals surface area (Å²) in [4.78, 5) is 18.5. The Morgan fingerprint density at radius 1 is 1.50 bits per heavy atom. The van der Waals surface area contributed by atoms with Crippen LogP contribution < -0.4 is 5.59 Å². The molecule has 2 rings (SSSR count). The summed E-state index contributed by atoms with van der Waals surface area (Å²) in [5.41, 5.74) is 1.44. The van der Waals surface area contributed by atoms with E-state index in [1.165, 1.54) is 12.4 Å². The maximum atomic E-state index is 10.6. The van der Waals surface area contributed by atoms with Crippen molar-refractivity contribution in [2.75, 3.05) is 0 Å². The van der Waals surface area contributed by atoms with Gasteiger partial charge in [0.15, 0.2) is 11.3 Å². The normalized spacial score (nSPS) is 10.6. The molecule has 0 aliphatic heterocycles. The molecule has 0 fully saturated rings. The van der Waals surface area contributed by atoms with E-state index in [-0.39, 0.29) is 5.69 Å². The highest BCUT2D eigenvalue weighted by Gasteiger charge is 2.10. The zero-order valence-corrected chi connectivity index (χ0v) is 7.43. The van der Waals surface area contributed by atoms with Crippen molar-refractivity contribution in [1.82, 2.24) is 14.4 Å². The molecule has 0 saturated heterocycles. The molecule has 2 aromatic rings. The van der Waals surface area contributed by atoms with Crippen LogP contribution in [0.1, 0.15) is 16.2 Å². The van der Waals surface area contributed by atoms with E-state index in [2.05, 4.69) is 9.97 Å². The maximum Gasteiger partial charge on any atom is 0.356 e. The van der Waals surface area contributed by atoms with E-state index < -0.39 is 5.97 Å². The Kier molecular flexibility index (Phi) is 1.77. The van der Waals surface area contributed by atoms with Gasteiger partial charge in [0.1, 0.15) is 7.85 Å². The van der Waals surface area contributed by atoms with E-state index in [1.54, 1.807) is 11.3 Å². The number of carbonyl (C=O) groups is 1. The topological polar surface area (TPSA) is 67.5 Å². The van der Waals surface area contributed by atoms with Gasteiger partial charge in [0.2, 0.25) is 0 Å². The van der Waals surface area contributed by atoms with Crippen molar-refractivity contribution in [3.05, 3.63) is 23.8 Å². The van der Waals surface area contributed by atoms with Crippen LogP contribution in [-0.4, -0.2) is 33.3 Å². The van der Waals surface area contributed by atoms with E-state index in [1.807, 2.05) is 0 Å².